The molecule has 0 bridgehead atoms. The van der Waals surface area contributed by atoms with E-state index in [1.54, 1.807) is 40.0 Å². The maximum atomic E-state index is 11.3. The topological polar surface area (TPSA) is 137 Å². The van der Waals surface area contributed by atoms with E-state index < -0.39 is 5.91 Å². The Kier molecular flexibility index (Phi) is 5.27. The van der Waals surface area contributed by atoms with E-state index in [9.17, 15) is 9.90 Å². The first-order valence-electron chi connectivity index (χ1n) is 6.93. The molecule has 0 spiro atoms. The lowest BCUT2D eigenvalue weighted by molar-refractivity contribution is -0.701. The molecule has 0 aliphatic carbocycles. The zero-order valence-corrected chi connectivity index (χ0v) is 13.3. The zero-order valence-electron chi connectivity index (χ0n) is 12.6. The number of nitrogens with zero attached hydrogens (tertiary/aromatic N) is 5. The zero-order chi connectivity index (χ0) is 16.4. The number of amides is 1. The molecule has 5 N–H and O–H groups in total. The highest BCUT2D eigenvalue weighted by Crippen LogP contribution is 2.18. The number of pyridine rings is 1. The van der Waals surface area contributed by atoms with Crippen LogP contribution in [0.5, 0.6) is 0 Å². The maximum absolute atomic E-state index is 11.3. The minimum atomic E-state index is -0.506. The third kappa shape index (κ3) is 3.26. The van der Waals surface area contributed by atoms with Crippen molar-refractivity contribution in [2.24, 2.45) is 5.73 Å². The van der Waals surface area contributed by atoms with Gasteiger partial charge in [-0.25, -0.2) is 19.5 Å². The average Bonchev–Trinajstić information content (AvgIpc) is 2.98. The van der Waals surface area contributed by atoms with Crippen LogP contribution in [0.3, 0.4) is 0 Å². The average molecular weight is 350 g/mol. The van der Waals surface area contributed by atoms with E-state index in [2.05, 4.69) is 15.0 Å². The smallest absolute Gasteiger partial charge is 0.254 e. The maximum Gasteiger partial charge on any atom is 0.254 e. The molecule has 0 aliphatic rings. The number of hydrogen-bond donors (Lipinski definition) is 3. The Morgan fingerprint density at radius 2 is 2.17 bits per heavy atom. The molecule has 126 valence electrons. The van der Waals surface area contributed by atoms with Gasteiger partial charge < -0.3 is 33.5 Å². The van der Waals surface area contributed by atoms with Crippen LogP contribution in [0.2, 0.25) is 0 Å². The normalized spacial score (nSPS) is 11.9. The van der Waals surface area contributed by atoms with E-state index in [0.29, 0.717) is 23.3 Å². The molecule has 3 heterocycles. The lowest BCUT2D eigenvalue weighted by Gasteiger charge is -2.13. The number of primary amides is 1. The summed E-state index contributed by atoms with van der Waals surface area (Å²) in [7, 11) is 0. The Balaban J connectivity index is 0.00000208. The van der Waals surface area contributed by atoms with Crippen molar-refractivity contribution in [3.63, 3.8) is 0 Å². The van der Waals surface area contributed by atoms with Crippen LogP contribution in [0, 0.1) is 0 Å². The summed E-state index contributed by atoms with van der Waals surface area (Å²) in [5.74, 6) is -0.220. The first-order chi connectivity index (χ1) is 11.1. The summed E-state index contributed by atoms with van der Waals surface area (Å²) in [6.07, 6.45) is 6.34. The molecule has 0 aliphatic heterocycles. The SMILES string of the molecule is NC(=O)c1ccc[n+](CC(CO)n2cnc3c(N)ncnc32)c1.[Cl-]. The van der Waals surface area contributed by atoms with Crippen LogP contribution in [0.15, 0.2) is 37.2 Å². The summed E-state index contributed by atoms with van der Waals surface area (Å²) >= 11 is 0. The number of aliphatic hydroxyl groups is 1. The number of fused-ring (bicyclic) bond motifs is 1. The molecule has 0 radical (unpaired) electrons. The van der Waals surface area contributed by atoms with Crippen molar-refractivity contribution in [2.45, 2.75) is 12.6 Å². The molecular weight excluding hydrogens is 334 g/mol. The van der Waals surface area contributed by atoms with Gasteiger partial charge in [-0.05, 0) is 6.07 Å². The molecule has 1 atom stereocenters. The van der Waals surface area contributed by atoms with Crippen molar-refractivity contribution in [3.05, 3.63) is 42.7 Å². The molecule has 9 nitrogen and oxygen atoms in total. The number of anilines is 1. The van der Waals surface area contributed by atoms with Crippen LogP contribution in [-0.4, -0.2) is 37.1 Å². The molecule has 10 heteroatoms. The van der Waals surface area contributed by atoms with Crippen molar-refractivity contribution in [1.82, 2.24) is 19.5 Å². The molecule has 1 amide bonds. The molecule has 1 unspecified atom stereocenters. The van der Waals surface area contributed by atoms with E-state index >= 15 is 0 Å². The molecule has 0 aromatic carbocycles. The van der Waals surface area contributed by atoms with Crippen LogP contribution in [0.1, 0.15) is 16.4 Å². The van der Waals surface area contributed by atoms with E-state index in [1.807, 2.05) is 0 Å². The van der Waals surface area contributed by atoms with E-state index in [1.165, 1.54) is 6.33 Å². The van der Waals surface area contributed by atoms with Gasteiger partial charge in [0.15, 0.2) is 30.4 Å². The standard InChI is InChI=1S/C14H15N7O2.ClH/c15-12-11-14(18-7-17-12)21(8-19-11)10(6-22)5-20-3-1-2-9(4-20)13(16)23;/h1-4,7-8,10,22H,5-6H2,(H3-,15,16,17,18,23);1H. The minimum Gasteiger partial charge on any atom is -1.00 e. The number of nitrogen functional groups attached to an aromatic ring is 1. The quantitative estimate of drug-likeness (QED) is 0.402. The Labute approximate surface area is 143 Å². The van der Waals surface area contributed by atoms with Crippen LogP contribution < -0.4 is 28.4 Å². The van der Waals surface area contributed by atoms with Crippen LogP contribution >= 0.6 is 0 Å². The fraction of sp³-hybridized carbons (Fsp3) is 0.214. The third-order valence-electron chi connectivity index (χ3n) is 3.56. The Hall–Kier alpha value is -2.78. The lowest BCUT2D eigenvalue weighted by Crippen LogP contribution is -3.00. The van der Waals surface area contributed by atoms with Crippen molar-refractivity contribution in [3.8, 4) is 0 Å². The fourth-order valence-electron chi connectivity index (χ4n) is 2.40. The lowest BCUT2D eigenvalue weighted by atomic mass is 10.2. The summed E-state index contributed by atoms with van der Waals surface area (Å²) in [6, 6.07) is 3.02. The summed E-state index contributed by atoms with van der Waals surface area (Å²) in [6.45, 7) is 0.274. The van der Waals surface area contributed by atoms with Gasteiger partial charge in [0.1, 0.15) is 23.4 Å². The number of aromatic nitrogens is 5. The van der Waals surface area contributed by atoms with Crippen molar-refractivity contribution >= 4 is 22.9 Å². The van der Waals surface area contributed by atoms with Gasteiger partial charge in [-0.3, -0.25) is 4.79 Å². The van der Waals surface area contributed by atoms with Gasteiger partial charge in [-0.1, -0.05) is 0 Å². The fourth-order valence-corrected chi connectivity index (χ4v) is 2.40. The van der Waals surface area contributed by atoms with Gasteiger partial charge in [-0.15, -0.1) is 0 Å². The largest absolute Gasteiger partial charge is 1.00 e. The van der Waals surface area contributed by atoms with Crippen LogP contribution in [-0.2, 0) is 6.54 Å². The van der Waals surface area contributed by atoms with Gasteiger partial charge in [0.05, 0.1) is 12.9 Å². The van der Waals surface area contributed by atoms with E-state index in [4.69, 9.17) is 11.5 Å². The van der Waals surface area contributed by atoms with Crippen LogP contribution in [0.4, 0.5) is 5.82 Å². The monoisotopic (exact) mass is 349 g/mol. The number of carbonyl (C=O) groups is 1. The number of rotatable bonds is 5. The summed E-state index contributed by atoms with van der Waals surface area (Å²) in [4.78, 5) is 23.5. The Morgan fingerprint density at radius 3 is 2.88 bits per heavy atom. The molecule has 0 saturated heterocycles. The van der Waals surface area contributed by atoms with Crippen molar-refractivity contribution in [1.29, 1.82) is 0 Å². The molecule has 24 heavy (non-hydrogen) atoms. The van der Waals surface area contributed by atoms with E-state index in [0.717, 1.165) is 0 Å². The minimum absolute atomic E-state index is 0. The molecule has 3 aromatic heterocycles. The highest BCUT2D eigenvalue weighted by molar-refractivity contribution is 5.92. The third-order valence-corrected chi connectivity index (χ3v) is 3.56. The van der Waals surface area contributed by atoms with Gasteiger partial charge in [0.2, 0.25) is 0 Å². The van der Waals surface area contributed by atoms with Gasteiger partial charge in [0, 0.05) is 6.07 Å². The number of imidazole rings is 1. The highest BCUT2D eigenvalue weighted by atomic mass is 35.5. The first-order valence-corrected chi connectivity index (χ1v) is 6.93. The van der Waals surface area contributed by atoms with Gasteiger partial charge in [-0.2, -0.15) is 0 Å². The summed E-state index contributed by atoms with van der Waals surface area (Å²) in [5.41, 5.74) is 12.5. The number of hydrogen-bond acceptors (Lipinski definition) is 6. The van der Waals surface area contributed by atoms with Gasteiger partial charge >= 0.3 is 0 Å². The highest BCUT2D eigenvalue weighted by Gasteiger charge is 2.20. The molecular formula is C14H16ClN7O2. The first kappa shape index (κ1) is 17.6. The van der Waals surface area contributed by atoms with Crippen LogP contribution in [0.25, 0.3) is 11.2 Å². The number of aliphatic hydroxyl groups excluding tert-OH is 1. The molecule has 3 rings (SSSR count). The predicted molar refractivity (Wildman–Crippen MR) is 81.0 cm³/mol. The predicted octanol–water partition coefficient (Wildman–Crippen LogP) is -3.97. The molecule has 0 saturated carbocycles. The van der Waals surface area contributed by atoms with Crippen molar-refractivity contribution < 1.29 is 26.9 Å². The Bertz CT molecular complexity index is 867. The number of carbonyl (C=O) groups excluding carboxylic acids is 1. The number of nitrogens with two attached hydrogens (primary N) is 2. The second-order valence-corrected chi connectivity index (χ2v) is 5.07. The number of halogens is 1. The second kappa shape index (κ2) is 7.20. The van der Waals surface area contributed by atoms with Gasteiger partial charge in [0.25, 0.3) is 5.91 Å². The Morgan fingerprint density at radius 1 is 1.38 bits per heavy atom. The summed E-state index contributed by atoms with van der Waals surface area (Å²) in [5, 5.41) is 9.74. The summed E-state index contributed by atoms with van der Waals surface area (Å²) < 4.78 is 3.51. The molecule has 0 fully saturated rings. The second-order valence-electron chi connectivity index (χ2n) is 5.07. The molecule has 3 aromatic rings. The van der Waals surface area contributed by atoms with Crippen molar-refractivity contribution in [2.75, 3.05) is 12.3 Å². The van der Waals surface area contributed by atoms with E-state index in [-0.39, 0.29) is 30.9 Å².